The number of hydrogen-bond donors (Lipinski definition) is 2. The monoisotopic (exact) mass is 400 g/mol. The van der Waals surface area contributed by atoms with E-state index in [4.69, 9.17) is 16.6 Å². The van der Waals surface area contributed by atoms with Crippen molar-refractivity contribution in [3.05, 3.63) is 52.9 Å². The van der Waals surface area contributed by atoms with E-state index in [1.165, 1.54) is 24.8 Å². The molecule has 0 unspecified atom stereocenters. The molecule has 0 spiro atoms. The fraction of sp³-hybridized carbons (Fsp3) is 0.476. The molecule has 2 aromatic heterocycles. The van der Waals surface area contributed by atoms with E-state index in [1.54, 1.807) is 0 Å². The number of pyridine rings is 2. The van der Waals surface area contributed by atoms with Gasteiger partial charge in [-0.25, -0.2) is 15.0 Å². The number of nitrogens with one attached hydrogen (secondary N) is 2. The Morgan fingerprint density at radius 2 is 1.96 bits per heavy atom. The van der Waals surface area contributed by atoms with Crippen molar-refractivity contribution in [2.24, 2.45) is 4.99 Å². The highest BCUT2D eigenvalue weighted by molar-refractivity contribution is 6.29. The first-order valence-corrected chi connectivity index (χ1v) is 10.4. The van der Waals surface area contributed by atoms with Crippen molar-refractivity contribution in [3.8, 4) is 0 Å². The summed E-state index contributed by atoms with van der Waals surface area (Å²) in [6, 6.07) is 8.03. The molecule has 1 fully saturated rings. The summed E-state index contributed by atoms with van der Waals surface area (Å²) >= 11 is 5.83. The number of aliphatic imine (C=N–C) groups is 1. The lowest BCUT2D eigenvalue weighted by molar-refractivity contribution is 0.573. The van der Waals surface area contributed by atoms with Crippen molar-refractivity contribution < 1.29 is 0 Å². The average molecular weight is 401 g/mol. The van der Waals surface area contributed by atoms with Gasteiger partial charge in [-0.3, -0.25) is 0 Å². The summed E-state index contributed by atoms with van der Waals surface area (Å²) in [5, 5.41) is 7.21. The Bertz CT molecular complexity index is 756. The SMILES string of the molecule is CCNC(=NCc1ccnc(N2CCCCC2)c1)NCCc1ccc(Cl)nc1. The van der Waals surface area contributed by atoms with Crippen molar-refractivity contribution in [1.29, 1.82) is 0 Å². The molecule has 0 saturated carbocycles. The van der Waals surface area contributed by atoms with Crippen LogP contribution in [-0.4, -0.2) is 42.1 Å². The Kier molecular flexibility index (Phi) is 7.91. The van der Waals surface area contributed by atoms with Crippen LogP contribution < -0.4 is 15.5 Å². The van der Waals surface area contributed by atoms with E-state index in [2.05, 4.69) is 38.5 Å². The number of halogens is 1. The van der Waals surface area contributed by atoms with Gasteiger partial charge in [-0.05, 0) is 61.9 Å². The van der Waals surface area contributed by atoms with Crippen molar-refractivity contribution in [2.75, 3.05) is 31.1 Å². The number of guanidine groups is 1. The van der Waals surface area contributed by atoms with Gasteiger partial charge in [-0.2, -0.15) is 0 Å². The molecule has 0 amide bonds. The van der Waals surface area contributed by atoms with Crippen LogP contribution in [0, 0.1) is 0 Å². The Labute approximate surface area is 172 Å². The number of aromatic nitrogens is 2. The zero-order valence-corrected chi connectivity index (χ0v) is 17.3. The molecular weight excluding hydrogens is 372 g/mol. The normalized spacial score (nSPS) is 14.8. The molecule has 150 valence electrons. The van der Waals surface area contributed by atoms with E-state index in [0.29, 0.717) is 11.7 Å². The Balaban J connectivity index is 1.55. The summed E-state index contributed by atoms with van der Waals surface area (Å²) in [5.41, 5.74) is 2.32. The number of nitrogens with zero attached hydrogens (tertiary/aromatic N) is 4. The molecule has 1 aliphatic rings. The molecule has 0 atom stereocenters. The summed E-state index contributed by atoms with van der Waals surface area (Å²) < 4.78 is 0. The molecule has 1 aliphatic heterocycles. The average Bonchev–Trinajstić information content (AvgIpc) is 2.74. The third kappa shape index (κ3) is 6.37. The van der Waals surface area contributed by atoms with Gasteiger partial charge in [0.1, 0.15) is 11.0 Å². The topological polar surface area (TPSA) is 65.4 Å². The molecule has 2 N–H and O–H groups in total. The van der Waals surface area contributed by atoms with E-state index in [9.17, 15) is 0 Å². The largest absolute Gasteiger partial charge is 0.357 e. The maximum absolute atomic E-state index is 5.83. The first kappa shape index (κ1) is 20.4. The van der Waals surface area contributed by atoms with Crippen LogP contribution in [0.5, 0.6) is 0 Å². The fourth-order valence-electron chi connectivity index (χ4n) is 3.25. The molecule has 1 saturated heterocycles. The molecule has 0 aliphatic carbocycles. The molecular formula is C21H29ClN6. The van der Waals surface area contributed by atoms with Gasteiger partial charge in [-0.1, -0.05) is 17.7 Å². The lowest BCUT2D eigenvalue weighted by Gasteiger charge is -2.27. The summed E-state index contributed by atoms with van der Waals surface area (Å²) in [5.74, 6) is 1.89. The zero-order valence-electron chi connectivity index (χ0n) is 16.5. The summed E-state index contributed by atoms with van der Waals surface area (Å²) in [7, 11) is 0. The highest BCUT2D eigenvalue weighted by Gasteiger charge is 2.12. The molecule has 0 bridgehead atoms. The standard InChI is InChI=1S/C21H29ClN6/c1-2-23-21(25-11-8-17-6-7-19(22)26-15-17)27-16-18-9-10-24-20(14-18)28-12-4-3-5-13-28/h6-7,9-10,14-15H,2-5,8,11-13,16H2,1H3,(H2,23,25,27). The molecule has 6 nitrogen and oxygen atoms in total. The maximum Gasteiger partial charge on any atom is 0.191 e. The minimum absolute atomic E-state index is 0.521. The van der Waals surface area contributed by atoms with Gasteiger partial charge in [0, 0.05) is 38.6 Å². The highest BCUT2D eigenvalue weighted by Crippen LogP contribution is 2.18. The van der Waals surface area contributed by atoms with Gasteiger partial charge in [0.05, 0.1) is 6.54 Å². The highest BCUT2D eigenvalue weighted by atomic mass is 35.5. The van der Waals surface area contributed by atoms with Crippen LogP contribution in [0.25, 0.3) is 0 Å². The molecule has 3 heterocycles. The van der Waals surface area contributed by atoms with Crippen LogP contribution in [0.2, 0.25) is 5.15 Å². The van der Waals surface area contributed by atoms with Crippen LogP contribution in [-0.2, 0) is 13.0 Å². The number of piperidine rings is 1. The molecule has 28 heavy (non-hydrogen) atoms. The predicted octanol–water partition coefficient (Wildman–Crippen LogP) is 3.42. The lowest BCUT2D eigenvalue weighted by atomic mass is 10.1. The zero-order chi connectivity index (χ0) is 19.6. The van der Waals surface area contributed by atoms with E-state index in [1.807, 2.05) is 30.6 Å². The van der Waals surface area contributed by atoms with E-state index in [0.717, 1.165) is 49.9 Å². The smallest absolute Gasteiger partial charge is 0.191 e. The van der Waals surface area contributed by atoms with Crippen LogP contribution in [0.4, 0.5) is 5.82 Å². The number of rotatable bonds is 7. The first-order chi connectivity index (χ1) is 13.7. The number of hydrogen-bond acceptors (Lipinski definition) is 4. The minimum atomic E-state index is 0.521. The summed E-state index contributed by atoms with van der Waals surface area (Å²) in [4.78, 5) is 15.8. The first-order valence-electron chi connectivity index (χ1n) is 10.1. The Morgan fingerprint density at radius 1 is 1.11 bits per heavy atom. The van der Waals surface area contributed by atoms with Crippen LogP contribution in [0.3, 0.4) is 0 Å². The predicted molar refractivity (Wildman–Crippen MR) is 116 cm³/mol. The van der Waals surface area contributed by atoms with E-state index < -0.39 is 0 Å². The van der Waals surface area contributed by atoms with Crippen LogP contribution >= 0.6 is 11.6 Å². The van der Waals surface area contributed by atoms with Gasteiger partial charge in [0.2, 0.25) is 0 Å². The van der Waals surface area contributed by atoms with Crippen LogP contribution in [0.1, 0.15) is 37.3 Å². The molecule has 2 aromatic rings. The second-order valence-corrected chi connectivity index (χ2v) is 7.32. The van der Waals surface area contributed by atoms with E-state index in [-0.39, 0.29) is 0 Å². The third-order valence-electron chi connectivity index (χ3n) is 4.75. The third-order valence-corrected chi connectivity index (χ3v) is 4.97. The quantitative estimate of drug-likeness (QED) is 0.423. The van der Waals surface area contributed by atoms with Gasteiger partial charge >= 0.3 is 0 Å². The Hall–Kier alpha value is -2.34. The molecule has 0 aromatic carbocycles. The van der Waals surface area contributed by atoms with Crippen LogP contribution in [0.15, 0.2) is 41.7 Å². The van der Waals surface area contributed by atoms with Gasteiger partial charge in [0.25, 0.3) is 0 Å². The van der Waals surface area contributed by atoms with Crippen molar-refractivity contribution in [1.82, 2.24) is 20.6 Å². The number of anilines is 1. The second-order valence-electron chi connectivity index (χ2n) is 6.93. The lowest BCUT2D eigenvalue weighted by Crippen LogP contribution is -2.38. The Morgan fingerprint density at radius 3 is 2.71 bits per heavy atom. The summed E-state index contributed by atoms with van der Waals surface area (Å²) in [6.07, 6.45) is 8.40. The van der Waals surface area contributed by atoms with Crippen molar-refractivity contribution in [2.45, 2.75) is 39.2 Å². The second kappa shape index (κ2) is 10.9. The van der Waals surface area contributed by atoms with Crippen molar-refractivity contribution >= 4 is 23.4 Å². The molecule has 7 heteroatoms. The van der Waals surface area contributed by atoms with Gasteiger partial charge < -0.3 is 15.5 Å². The van der Waals surface area contributed by atoms with Gasteiger partial charge in [-0.15, -0.1) is 0 Å². The molecule has 0 radical (unpaired) electrons. The fourth-order valence-corrected chi connectivity index (χ4v) is 3.36. The summed E-state index contributed by atoms with van der Waals surface area (Å²) in [6.45, 7) is 6.50. The van der Waals surface area contributed by atoms with E-state index >= 15 is 0 Å². The minimum Gasteiger partial charge on any atom is -0.357 e. The maximum atomic E-state index is 5.83. The molecule has 3 rings (SSSR count). The van der Waals surface area contributed by atoms with Gasteiger partial charge in [0.15, 0.2) is 5.96 Å². The van der Waals surface area contributed by atoms with Crippen molar-refractivity contribution in [3.63, 3.8) is 0 Å².